The van der Waals surface area contributed by atoms with Gasteiger partial charge in [-0.3, -0.25) is 0 Å². The average Bonchev–Trinajstić information content (AvgIpc) is 2.48. The standard InChI is InChI=1S/C12H16N4O3S/c1-16(9-10-8-14-5-6-19-10)20(17,18)12-3-2-4-15-11(12)7-13/h2-4,10,14H,5-6,8-9H2,1H3. The molecule has 0 amide bonds. The van der Waals surface area contributed by atoms with E-state index in [2.05, 4.69) is 10.3 Å². The van der Waals surface area contributed by atoms with Crippen LogP contribution in [0.25, 0.3) is 0 Å². The molecular weight excluding hydrogens is 280 g/mol. The van der Waals surface area contributed by atoms with Crippen molar-refractivity contribution >= 4 is 10.0 Å². The Kier molecular flexibility index (Phi) is 4.67. The zero-order valence-electron chi connectivity index (χ0n) is 11.1. The number of morpholine rings is 1. The van der Waals surface area contributed by atoms with E-state index < -0.39 is 10.0 Å². The van der Waals surface area contributed by atoms with Crippen molar-refractivity contribution < 1.29 is 13.2 Å². The molecule has 0 spiro atoms. The van der Waals surface area contributed by atoms with E-state index in [0.29, 0.717) is 13.2 Å². The Labute approximate surface area is 118 Å². The molecule has 1 aliphatic heterocycles. The first-order valence-electron chi connectivity index (χ1n) is 6.19. The molecule has 1 saturated heterocycles. The first-order valence-corrected chi connectivity index (χ1v) is 7.63. The Hall–Kier alpha value is -1.53. The second kappa shape index (κ2) is 6.28. The van der Waals surface area contributed by atoms with Crippen LogP contribution < -0.4 is 5.32 Å². The van der Waals surface area contributed by atoms with Crippen molar-refractivity contribution in [3.05, 3.63) is 24.0 Å². The summed E-state index contributed by atoms with van der Waals surface area (Å²) in [6.45, 7) is 2.18. The summed E-state index contributed by atoms with van der Waals surface area (Å²) < 4.78 is 31.6. The van der Waals surface area contributed by atoms with E-state index >= 15 is 0 Å². The van der Waals surface area contributed by atoms with Gasteiger partial charge in [0.05, 0.1) is 12.7 Å². The Balaban J connectivity index is 2.19. The Morgan fingerprint density at radius 1 is 1.65 bits per heavy atom. The molecule has 0 radical (unpaired) electrons. The SMILES string of the molecule is CN(CC1CNCCO1)S(=O)(=O)c1cccnc1C#N. The van der Waals surface area contributed by atoms with Crippen molar-refractivity contribution in [2.75, 3.05) is 33.3 Å². The summed E-state index contributed by atoms with van der Waals surface area (Å²) in [5.74, 6) is 0. The fourth-order valence-corrected chi connectivity index (χ4v) is 3.26. The second-order valence-corrected chi connectivity index (χ2v) is 6.46. The molecular formula is C12H16N4O3S. The Bertz CT molecular complexity index is 605. The zero-order valence-corrected chi connectivity index (χ0v) is 11.9. The van der Waals surface area contributed by atoms with Crippen LogP contribution in [0.3, 0.4) is 0 Å². The van der Waals surface area contributed by atoms with E-state index in [0.717, 1.165) is 6.54 Å². The van der Waals surface area contributed by atoms with E-state index in [1.165, 1.54) is 29.7 Å². The van der Waals surface area contributed by atoms with Crippen LogP contribution >= 0.6 is 0 Å². The number of likely N-dealkylation sites (N-methyl/N-ethyl adjacent to an activating group) is 1. The molecule has 1 atom stereocenters. The van der Waals surface area contributed by atoms with Gasteiger partial charge in [0, 0.05) is 32.9 Å². The van der Waals surface area contributed by atoms with Gasteiger partial charge in [-0.1, -0.05) is 0 Å². The number of nitrogens with one attached hydrogen (secondary N) is 1. The maximum atomic E-state index is 12.4. The lowest BCUT2D eigenvalue weighted by Gasteiger charge is -2.27. The third-order valence-electron chi connectivity index (χ3n) is 3.03. The summed E-state index contributed by atoms with van der Waals surface area (Å²) in [5.41, 5.74) is -0.0953. The maximum absolute atomic E-state index is 12.4. The molecule has 1 aromatic heterocycles. The van der Waals surface area contributed by atoms with Gasteiger partial charge in [0.25, 0.3) is 0 Å². The van der Waals surface area contributed by atoms with Crippen molar-refractivity contribution in [2.24, 2.45) is 0 Å². The van der Waals surface area contributed by atoms with E-state index in [1.54, 1.807) is 6.07 Å². The first kappa shape index (κ1) is 14.9. The molecule has 8 heteroatoms. The second-order valence-electron chi connectivity index (χ2n) is 4.44. The molecule has 0 saturated carbocycles. The first-order chi connectivity index (χ1) is 9.55. The molecule has 1 unspecified atom stereocenters. The summed E-state index contributed by atoms with van der Waals surface area (Å²) in [4.78, 5) is 3.71. The van der Waals surface area contributed by atoms with Crippen molar-refractivity contribution in [3.8, 4) is 6.07 Å². The molecule has 1 aliphatic rings. The number of nitrogens with zero attached hydrogens (tertiary/aromatic N) is 3. The monoisotopic (exact) mass is 296 g/mol. The van der Waals surface area contributed by atoms with Crippen LogP contribution in [-0.4, -0.2) is 57.1 Å². The number of hydrogen-bond acceptors (Lipinski definition) is 6. The highest BCUT2D eigenvalue weighted by atomic mass is 32.2. The van der Waals surface area contributed by atoms with Gasteiger partial charge in [0.15, 0.2) is 5.69 Å². The normalized spacial score (nSPS) is 19.8. The maximum Gasteiger partial charge on any atom is 0.245 e. The van der Waals surface area contributed by atoms with Gasteiger partial charge in [0.2, 0.25) is 10.0 Å². The van der Waals surface area contributed by atoms with Crippen molar-refractivity contribution in [2.45, 2.75) is 11.0 Å². The number of pyridine rings is 1. The predicted molar refractivity (Wildman–Crippen MR) is 71.4 cm³/mol. The fourth-order valence-electron chi connectivity index (χ4n) is 1.97. The molecule has 1 fully saturated rings. The number of aromatic nitrogens is 1. The number of hydrogen-bond donors (Lipinski definition) is 1. The Morgan fingerprint density at radius 3 is 3.10 bits per heavy atom. The number of rotatable bonds is 4. The highest BCUT2D eigenvalue weighted by Gasteiger charge is 2.27. The third-order valence-corrected chi connectivity index (χ3v) is 4.88. The lowest BCUT2D eigenvalue weighted by molar-refractivity contribution is 0.0206. The highest BCUT2D eigenvalue weighted by Crippen LogP contribution is 2.17. The summed E-state index contributed by atoms with van der Waals surface area (Å²) in [5, 5.41) is 12.1. The van der Waals surface area contributed by atoms with Crippen LogP contribution in [0.15, 0.2) is 23.2 Å². The molecule has 2 rings (SSSR count). The van der Waals surface area contributed by atoms with Gasteiger partial charge in [-0.05, 0) is 12.1 Å². The smallest absolute Gasteiger partial charge is 0.245 e. The minimum absolute atomic E-state index is 0.0752. The van der Waals surface area contributed by atoms with Crippen LogP contribution in [-0.2, 0) is 14.8 Å². The van der Waals surface area contributed by atoms with Gasteiger partial charge in [-0.2, -0.15) is 9.57 Å². The van der Waals surface area contributed by atoms with E-state index in [-0.39, 0.29) is 23.2 Å². The van der Waals surface area contributed by atoms with Crippen LogP contribution in [0, 0.1) is 11.3 Å². The van der Waals surface area contributed by atoms with E-state index in [4.69, 9.17) is 10.00 Å². The molecule has 0 aliphatic carbocycles. The van der Waals surface area contributed by atoms with Gasteiger partial charge in [-0.25, -0.2) is 13.4 Å². The van der Waals surface area contributed by atoms with E-state index in [1.807, 2.05) is 0 Å². The molecule has 7 nitrogen and oxygen atoms in total. The lowest BCUT2D eigenvalue weighted by Crippen LogP contribution is -2.45. The lowest BCUT2D eigenvalue weighted by atomic mass is 10.3. The van der Waals surface area contributed by atoms with Crippen LogP contribution in [0.4, 0.5) is 0 Å². The molecule has 0 aromatic carbocycles. The largest absolute Gasteiger partial charge is 0.374 e. The predicted octanol–water partition coefficient (Wildman–Crippen LogP) is -0.438. The summed E-state index contributed by atoms with van der Waals surface area (Å²) in [6, 6.07) is 4.69. The average molecular weight is 296 g/mol. The molecule has 20 heavy (non-hydrogen) atoms. The highest BCUT2D eigenvalue weighted by molar-refractivity contribution is 7.89. The van der Waals surface area contributed by atoms with Crippen molar-refractivity contribution in [1.82, 2.24) is 14.6 Å². The fraction of sp³-hybridized carbons (Fsp3) is 0.500. The van der Waals surface area contributed by atoms with Crippen LogP contribution in [0.2, 0.25) is 0 Å². The van der Waals surface area contributed by atoms with Gasteiger partial charge in [0.1, 0.15) is 11.0 Å². The topological polar surface area (TPSA) is 95.3 Å². The van der Waals surface area contributed by atoms with E-state index in [9.17, 15) is 8.42 Å². The number of ether oxygens (including phenoxy) is 1. The molecule has 1 N–H and O–H groups in total. The minimum Gasteiger partial charge on any atom is -0.374 e. The number of sulfonamides is 1. The van der Waals surface area contributed by atoms with Gasteiger partial charge in [-0.15, -0.1) is 0 Å². The quantitative estimate of drug-likeness (QED) is 0.809. The van der Waals surface area contributed by atoms with Crippen molar-refractivity contribution in [1.29, 1.82) is 5.26 Å². The molecule has 108 valence electrons. The minimum atomic E-state index is -3.74. The van der Waals surface area contributed by atoms with Gasteiger partial charge >= 0.3 is 0 Å². The zero-order chi connectivity index (χ0) is 14.6. The van der Waals surface area contributed by atoms with Crippen LogP contribution in [0.5, 0.6) is 0 Å². The summed E-state index contributed by atoms with van der Waals surface area (Å²) in [6.07, 6.45) is 1.21. The Morgan fingerprint density at radius 2 is 2.45 bits per heavy atom. The summed E-state index contributed by atoms with van der Waals surface area (Å²) >= 11 is 0. The van der Waals surface area contributed by atoms with Crippen LogP contribution in [0.1, 0.15) is 5.69 Å². The molecule has 2 heterocycles. The molecule has 1 aromatic rings. The third kappa shape index (κ3) is 3.13. The van der Waals surface area contributed by atoms with Crippen molar-refractivity contribution in [3.63, 3.8) is 0 Å². The summed E-state index contributed by atoms with van der Waals surface area (Å²) in [7, 11) is -2.27. The molecule has 0 bridgehead atoms. The number of nitriles is 1. The van der Waals surface area contributed by atoms with Gasteiger partial charge < -0.3 is 10.1 Å².